The Labute approximate surface area is 321 Å². The number of pyridine rings is 3. The topological polar surface area (TPSA) is 51.8 Å². The first kappa shape index (κ1) is 18.9. The Balaban J connectivity index is 0.000000281. The molecule has 4 heterocycles. The van der Waals surface area contributed by atoms with Gasteiger partial charge in [-0.2, -0.15) is 0 Å². The van der Waals surface area contributed by atoms with Gasteiger partial charge in [0.1, 0.15) is 0 Å². The average Bonchev–Trinajstić information content (AvgIpc) is 3.57. The van der Waals surface area contributed by atoms with Gasteiger partial charge in [0, 0.05) is 66.9 Å². The molecule has 0 saturated heterocycles. The first-order valence-electron chi connectivity index (χ1n) is 23.2. The minimum Gasteiger partial charge on any atom is -0.486 e. The maximum absolute atomic E-state index is 8.25. The van der Waals surface area contributed by atoms with Crippen molar-refractivity contribution in [2.45, 2.75) is 61.4 Å². The quantitative estimate of drug-likeness (QED) is 0.166. The monoisotopic (exact) mass is 825 g/mol. The number of nitrogens with zero attached hydrogens (tertiary/aromatic N) is 3. The van der Waals surface area contributed by atoms with Crippen molar-refractivity contribution < 1.29 is 47.8 Å². The molecule has 0 fully saturated rings. The largest absolute Gasteiger partial charge is 0.486 e. The fourth-order valence-corrected chi connectivity index (χ4v) is 5.05. The average molecular weight is 825 g/mol. The number of aromatic nitrogens is 3. The summed E-state index contributed by atoms with van der Waals surface area (Å²) in [5.74, 6) is 0. The fourth-order valence-electron chi connectivity index (χ4n) is 5.05. The van der Waals surface area contributed by atoms with Gasteiger partial charge in [0.25, 0.3) is 0 Å². The second-order valence-electron chi connectivity index (χ2n) is 11.9. The Bertz CT molecular complexity index is 2820. The van der Waals surface area contributed by atoms with Crippen LogP contribution in [0.4, 0.5) is 0 Å². The predicted molar refractivity (Wildman–Crippen MR) is 194 cm³/mol. The molecule has 0 atom stereocenters. The summed E-state index contributed by atoms with van der Waals surface area (Å²) in [5.41, 5.74) is 1.57. The van der Waals surface area contributed by atoms with Crippen LogP contribution in [-0.2, 0) is 26.5 Å². The summed E-state index contributed by atoms with van der Waals surface area (Å²) in [4.78, 5) is 12.8. The number of rotatable bonds is 4. The molecular weight excluding hydrogens is 767 g/mol. The number of hydrogen-bond acceptors (Lipinski definition) is 4. The van der Waals surface area contributed by atoms with Crippen LogP contribution in [-0.4, -0.2) is 15.0 Å². The number of aryl methyl sites for hydroxylation is 5. The van der Waals surface area contributed by atoms with Gasteiger partial charge in [-0.15, -0.1) is 53.6 Å². The molecule has 245 valence electrons. The Morgan fingerprint density at radius 3 is 2.29 bits per heavy atom. The standard InChI is InChI=1S/C26H21N2O.C17H20N.Ir/c1-15-8-10-19(16(2)12-15)23-13-24(27-14-17(23)3)22-7-5-6-20-21-11-9-18(4)28-26(21)29-25(20)22;1-13-5-8-15(9-6-13)16-10-7-14(12-18-16)11-17(2,3)4;/h5-6,8-14H,1-4H3;5-8,10,12H,11H2,1-4H3;/q2*-1;/i1D3,2D3,3D3,4D3;1D3,11D2;. The van der Waals surface area contributed by atoms with E-state index in [1.54, 1.807) is 42.5 Å². The first-order chi connectivity index (χ1) is 29.3. The van der Waals surface area contributed by atoms with Gasteiger partial charge in [0.05, 0.1) is 5.58 Å². The van der Waals surface area contributed by atoms with Crippen LogP contribution in [0.15, 0.2) is 95.7 Å². The van der Waals surface area contributed by atoms with Crippen LogP contribution < -0.4 is 0 Å². The van der Waals surface area contributed by atoms with Crippen molar-refractivity contribution in [1.82, 2.24) is 15.0 Å². The van der Waals surface area contributed by atoms with E-state index in [9.17, 15) is 0 Å². The molecule has 0 saturated carbocycles. The Kier molecular flexibility index (Phi) is 5.66. The predicted octanol–water partition coefficient (Wildman–Crippen LogP) is 11.2. The van der Waals surface area contributed by atoms with Crippen molar-refractivity contribution in [2.24, 2.45) is 5.41 Å². The van der Waals surface area contributed by atoms with Crippen molar-refractivity contribution in [3.8, 4) is 33.6 Å². The maximum Gasteiger partial charge on any atom is 0.216 e. The molecule has 4 aromatic heterocycles. The van der Waals surface area contributed by atoms with Gasteiger partial charge in [0.2, 0.25) is 5.71 Å². The third-order valence-corrected chi connectivity index (χ3v) is 7.14. The Hall–Kier alpha value is -4.44. The number of benzene rings is 3. The third kappa shape index (κ3) is 7.81. The van der Waals surface area contributed by atoms with E-state index >= 15 is 0 Å². The zero-order chi connectivity index (χ0) is 47.6. The maximum atomic E-state index is 8.25. The minimum atomic E-state index is -2.76. The zero-order valence-electron chi connectivity index (χ0n) is 43.2. The van der Waals surface area contributed by atoms with Crippen LogP contribution in [0.2, 0.25) is 0 Å². The van der Waals surface area contributed by atoms with E-state index < -0.39 is 46.0 Å². The minimum absolute atomic E-state index is 0. The van der Waals surface area contributed by atoms with E-state index in [4.69, 9.17) is 27.7 Å². The van der Waals surface area contributed by atoms with E-state index in [2.05, 4.69) is 27.1 Å². The van der Waals surface area contributed by atoms with Gasteiger partial charge in [-0.25, -0.2) is 4.98 Å². The molecule has 48 heavy (non-hydrogen) atoms. The summed E-state index contributed by atoms with van der Waals surface area (Å²) in [6, 6.07) is 25.4. The first-order valence-corrected chi connectivity index (χ1v) is 14.7. The van der Waals surface area contributed by atoms with E-state index in [0.717, 1.165) is 12.3 Å². The van der Waals surface area contributed by atoms with Gasteiger partial charge in [-0.1, -0.05) is 80.5 Å². The molecule has 0 bridgehead atoms. The van der Waals surface area contributed by atoms with Gasteiger partial charge >= 0.3 is 0 Å². The second-order valence-corrected chi connectivity index (χ2v) is 11.9. The van der Waals surface area contributed by atoms with Crippen molar-refractivity contribution in [2.75, 3.05) is 0 Å². The summed E-state index contributed by atoms with van der Waals surface area (Å²) in [5, 5.41) is 1.14. The summed E-state index contributed by atoms with van der Waals surface area (Å²) in [7, 11) is 0. The van der Waals surface area contributed by atoms with Crippen LogP contribution >= 0.6 is 0 Å². The SMILES string of the molecule is [2H]C([2H])([2H])c1c[c-]c(-c2ccc(C([2H])([2H])C(C)(C)C)cn2)cc1.[2H]C([2H])([2H])c1ccc(-c2cc(-c3[c-]ccc4c3oc3nc(C([2H])([2H])[2H])ccc34)ncc2C([2H])([2H])[2H])c(C([2H])([2H])[2H])c1.[Ir]. The molecule has 1 radical (unpaired) electrons. The van der Waals surface area contributed by atoms with Crippen molar-refractivity contribution in [1.29, 1.82) is 0 Å². The Morgan fingerprint density at radius 2 is 1.58 bits per heavy atom. The molecule has 7 aromatic rings. The molecule has 5 heteroatoms. The van der Waals surface area contributed by atoms with E-state index in [0.29, 0.717) is 33.2 Å². The summed E-state index contributed by atoms with van der Waals surface area (Å²) in [6.45, 7) is -7.06. The van der Waals surface area contributed by atoms with E-state index in [-0.39, 0.29) is 76.2 Å². The third-order valence-electron chi connectivity index (χ3n) is 7.14. The Morgan fingerprint density at radius 1 is 0.750 bits per heavy atom. The smallest absolute Gasteiger partial charge is 0.216 e. The molecule has 0 aliphatic carbocycles. The van der Waals surface area contributed by atoms with Gasteiger partial charge in [-0.05, 0) is 90.5 Å². The fraction of sp³-hybridized carbons (Fsp3) is 0.233. The summed E-state index contributed by atoms with van der Waals surface area (Å²) in [6.07, 6.45) is 1.17. The molecule has 0 N–H and O–H groups in total. The van der Waals surface area contributed by atoms with Crippen molar-refractivity contribution >= 4 is 22.1 Å². The summed E-state index contributed by atoms with van der Waals surface area (Å²) >= 11 is 0. The van der Waals surface area contributed by atoms with E-state index in [1.807, 2.05) is 20.8 Å². The number of hydrogen-bond donors (Lipinski definition) is 0. The van der Waals surface area contributed by atoms with Crippen molar-refractivity contribution in [3.05, 3.63) is 137 Å². The van der Waals surface area contributed by atoms with Crippen LogP contribution in [0.5, 0.6) is 0 Å². The zero-order valence-corrected chi connectivity index (χ0v) is 28.6. The van der Waals surface area contributed by atoms with Crippen LogP contribution in [0.3, 0.4) is 0 Å². The molecule has 0 spiro atoms. The van der Waals surface area contributed by atoms with Crippen molar-refractivity contribution in [3.63, 3.8) is 0 Å². The molecule has 3 aromatic carbocycles. The van der Waals surface area contributed by atoms with Gasteiger partial charge in [-0.3, -0.25) is 0 Å². The second kappa shape index (κ2) is 14.4. The van der Waals surface area contributed by atoms with Crippen LogP contribution in [0.25, 0.3) is 55.7 Å². The number of furan rings is 1. The van der Waals surface area contributed by atoms with Gasteiger partial charge < -0.3 is 14.4 Å². The summed E-state index contributed by atoms with van der Waals surface area (Å²) < 4.78 is 139. The molecule has 7 rings (SSSR count). The molecule has 0 amide bonds. The molecule has 0 aliphatic rings. The van der Waals surface area contributed by atoms with E-state index in [1.165, 1.54) is 36.5 Å². The molecule has 0 aliphatic heterocycles. The van der Waals surface area contributed by atoms with Gasteiger partial charge in [0.15, 0.2) is 0 Å². The molecule has 0 unspecified atom stereocenters. The van der Waals surface area contributed by atoms with Crippen LogP contribution in [0.1, 0.15) is 77.6 Å². The number of fused-ring (bicyclic) bond motifs is 3. The normalized spacial score (nSPS) is 18.1. The molecular formula is C43H41IrN3O-2. The van der Waals surface area contributed by atoms with Crippen LogP contribution in [0, 0.1) is 51.8 Å². The molecule has 4 nitrogen and oxygen atoms in total.